The van der Waals surface area contributed by atoms with Gasteiger partial charge >= 0.3 is 6.09 Å². The molecule has 0 unspecified atom stereocenters. The van der Waals surface area contributed by atoms with E-state index >= 15 is 0 Å². The monoisotopic (exact) mass is 270 g/mol. The van der Waals surface area contributed by atoms with E-state index in [9.17, 15) is 4.79 Å². The van der Waals surface area contributed by atoms with Gasteiger partial charge in [-0.15, -0.1) is 0 Å². The van der Waals surface area contributed by atoms with E-state index in [-0.39, 0.29) is 12.1 Å². The first kappa shape index (κ1) is 15.6. The zero-order valence-corrected chi connectivity index (χ0v) is 12.6. The molecule has 1 amide bonds. The number of rotatable bonds is 3. The molecule has 1 saturated heterocycles. The predicted octanol–water partition coefficient (Wildman–Crippen LogP) is 1.17. The third-order valence-corrected chi connectivity index (χ3v) is 2.51. The van der Waals surface area contributed by atoms with Crippen molar-refractivity contribution in [2.45, 2.75) is 46.3 Å². The Hall–Kier alpha value is -1.46. The quantitative estimate of drug-likeness (QED) is 0.596. The Morgan fingerprint density at radius 1 is 1.47 bits per heavy atom. The van der Waals surface area contributed by atoms with Crippen LogP contribution >= 0.6 is 0 Å². The smallest absolute Gasteiger partial charge is 0.410 e. The number of nitrogens with two attached hydrogens (primary N) is 1. The Labute approximate surface area is 115 Å². The van der Waals surface area contributed by atoms with Crippen molar-refractivity contribution in [3.8, 4) is 0 Å². The summed E-state index contributed by atoms with van der Waals surface area (Å²) in [5, 5.41) is 3.10. The van der Waals surface area contributed by atoms with Crippen LogP contribution in [0.4, 0.5) is 4.79 Å². The maximum absolute atomic E-state index is 11.7. The lowest BCUT2D eigenvalue weighted by molar-refractivity contribution is 0.00706. The fourth-order valence-electron chi connectivity index (χ4n) is 1.58. The van der Waals surface area contributed by atoms with Gasteiger partial charge in [0, 0.05) is 19.6 Å². The van der Waals surface area contributed by atoms with Gasteiger partial charge in [0.1, 0.15) is 5.60 Å². The van der Waals surface area contributed by atoms with Crippen molar-refractivity contribution in [3.05, 3.63) is 0 Å². The Morgan fingerprint density at radius 3 is 2.53 bits per heavy atom. The highest BCUT2D eigenvalue weighted by Gasteiger charge is 2.33. The van der Waals surface area contributed by atoms with Crippen molar-refractivity contribution >= 4 is 12.1 Å². The summed E-state index contributed by atoms with van der Waals surface area (Å²) in [4.78, 5) is 17.6. The number of carbonyl (C=O) groups is 1. The standard InChI is InChI=1S/C13H26N4O2/c1-9(2)6-15-11(14)16-10-7-17(8-10)12(18)19-13(3,4)5/h9-10H,6-8H2,1-5H3,(H3,14,15,16). The van der Waals surface area contributed by atoms with Crippen LogP contribution in [0.15, 0.2) is 4.99 Å². The molecule has 19 heavy (non-hydrogen) atoms. The number of carbonyl (C=O) groups excluding carboxylic acids is 1. The summed E-state index contributed by atoms with van der Waals surface area (Å²) in [5.74, 6) is 0.933. The summed E-state index contributed by atoms with van der Waals surface area (Å²) in [6.45, 7) is 11.7. The van der Waals surface area contributed by atoms with Crippen LogP contribution in [0.1, 0.15) is 34.6 Å². The first-order valence-corrected chi connectivity index (χ1v) is 6.72. The highest BCUT2D eigenvalue weighted by Crippen LogP contribution is 2.14. The van der Waals surface area contributed by atoms with Gasteiger partial charge in [0.05, 0.1) is 6.04 Å². The molecule has 0 aliphatic carbocycles. The zero-order valence-electron chi connectivity index (χ0n) is 12.6. The fourth-order valence-corrected chi connectivity index (χ4v) is 1.58. The van der Waals surface area contributed by atoms with Crippen LogP contribution in [-0.2, 0) is 4.74 Å². The Kier molecular flexibility index (Phi) is 5.03. The largest absolute Gasteiger partial charge is 0.444 e. The van der Waals surface area contributed by atoms with Crippen LogP contribution in [0, 0.1) is 5.92 Å². The first-order valence-electron chi connectivity index (χ1n) is 6.72. The number of likely N-dealkylation sites (tertiary alicyclic amines) is 1. The van der Waals surface area contributed by atoms with Crippen molar-refractivity contribution in [1.82, 2.24) is 10.2 Å². The molecule has 110 valence electrons. The van der Waals surface area contributed by atoms with Crippen molar-refractivity contribution in [2.75, 3.05) is 19.6 Å². The normalized spacial score (nSPS) is 17.4. The number of nitrogens with one attached hydrogen (secondary N) is 1. The first-order chi connectivity index (χ1) is 8.67. The van der Waals surface area contributed by atoms with Crippen LogP contribution < -0.4 is 11.1 Å². The van der Waals surface area contributed by atoms with E-state index in [1.54, 1.807) is 4.90 Å². The van der Waals surface area contributed by atoms with Crippen molar-refractivity contribution in [3.63, 3.8) is 0 Å². The summed E-state index contributed by atoms with van der Waals surface area (Å²) in [6.07, 6.45) is -0.275. The van der Waals surface area contributed by atoms with Crippen molar-refractivity contribution in [1.29, 1.82) is 0 Å². The van der Waals surface area contributed by atoms with Crippen LogP contribution in [-0.4, -0.2) is 48.2 Å². The van der Waals surface area contributed by atoms with Gasteiger partial charge in [-0.2, -0.15) is 0 Å². The second kappa shape index (κ2) is 6.12. The molecule has 0 radical (unpaired) electrons. The van der Waals surface area contributed by atoms with Crippen LogP contribution in [0.3, 0.4) is 0 Å². The molecular formula is C13H26N4O2. The van der Waals surface area contributed by atoms with Gasteiger partial charge in [0.15, 0.2) is 5.96 Å². The Bertz CT molecular complexity index is 341. The molecule has 6 nitrogen and oxygen atoms in total. The molecule has 0 aromatic heterocycles. The second-order valence-corrected chi connectivity index (χ2v) is 6.35. The minimum absolute atomic E-state index is 0.170. The predicted molar refractivity (Wildman–Crippen MR) is 76.1 cm³/mol. The lowest BCUT2D eigenvalue weighted by atomic mass is 10.1. The lowest BCUT2D eigenvalue weighted by Gasteiger charge is -2.40. The van der Waals surface area contributed by atoms with Gasteiger partial charge in [0.2, 0.25) is 0 Å². The van der Waals surface area contributed by atoms with Gasteiger partial charge in [-0.3, -0.25) is 4.99 Å². The number of hydrogen-bond donors (Lipinski definition) is 2. The van der Waals surface area contributed by atoms with E-state index in [4.69, 9.17) is 10.5 Å². The summed E-state index contributed by atoms with van der Waals surface area (Å²) in [6, 6.07) is 0.170. The number of guanidine groups is 1. The molecule has 1 heterocycles. The summed E-state index contributed by atoms with van der Waals surface area (Å²) < 4.78 is 5.27. The molecule has 0 spiro atoms. The molecule has 0 atom stereocenters. The van der Waals surface area contributed by atoms with Crippen LogP contribution in [0.25, 0.3) is 0 Å². The van der Waals surface area contributed by atoms with Crippen LogP contribution in [0.5, 0.6) is 0 Å². The molecule has 0 saturated carbocycles. The van der Waals surface area contributed by atoms with Gasteiger partial charge in [-0.25, -0.2) is 4.79 Å². The molecule has 1 fully saturated rings. The summed E-state index contributed by atoms with van der Waals surface area (Å²) in [5.41, 5.74) is 5.31. The fraction of sp³-hybridized carbons (Fsp3) is 0.846. The van der Waals surface area contributed by atoms with E-state index < -0.39 is 5.60 Å². The van der Waals surface area contributed by atoms with E-state index in [0.29, 0.717) is 31.5 Å². The van der Waals surface area contributed by atoms with Gasteiger partial charge in [-0.05, 0) is 26.7 Å². The second-order valence-electron chi connectivity index (χ2n) is 6.35. The van der Waals surface area contributed by atoms with E-state index in [0.717, 1.165) is 0 Å². The maximum Gasteiger partial charge on any atom is 0.410 e. The number of aliphatic imine (C=N–C) groups is 1. The molecule has 0 aromatic rings. The van der Waals surface area contributed by atoms with Gasteiger partial charge < -0.3 is 20.7 Å². The van der Waals surface area contributed by atoms with E-state index in [1.807, 2.05) is 20.8 Å². The van der Waals surface area contributed by atoms with Crippen molar-refractivity contribution in [2.24, 2.45) is 16.6 Å². The Morgan fingerprint density at radius 2 is 2.05 bits per heavy atom. The molecule has 1 rings (SSSR count). The highest BCUT2D eigenvalue weighted by molar-refractivity contribution is 5.78. The average molecular weight is 270 g/mol. The summed E-state index contributed by atoms with van der Waals surface area (Å²) in [7, 11) is 0. The molecular weight excluding hydrogens is 244 g/mol. The Balaban J connectivity index is 2.27. The molecule has 1 aliphatic heterocycles. The molecule has 3 N–H and O–H groups in total. The zero-order chi connectivity index (χ0) is 14.6. The molecule has 1 aliphatic rings. The number of ether oxygens (including phenoxy) is 1. The SMILES string of the molecule is CC(C)CN=C(N)NC1CN(C(=O)OC(C)(C)C)C1. The maximum atomic E-state index is 11.7. The van der Waals surface area contributed by atoms with Gasteiger partial charge in [0.25, 0.3) is 0 Å². The minimum atomic E-state index is -0.451. The molecule has 6 heteroatoms. The van der Waals surface area contributed by atoms with E-state index in [2.05, 4.69) is 24.2 Å². The number of nitrogens with zero attached hydrogens (tertiary/aromatic N) is 2. The summed E-state index contributed by atoms with van der Waals surface area (Å²) >= 11 is 0. The van der Waals surface area contributed by atoms with Crippen molar-refractivity contribution < 1.29 is 9.53 Å². The van der Waals surface area contributed by atoms with E-state index in [1.165, 1.54) is 0 Å². The van der Waals surface area contributed by atoms with Gasteiger partial charge in [-0.1, -0.05) is 13.8 Å². The minimum Gasteiger partial charge on any atom is -0.444 e. The van der Waals surface area contributed by atoms with Crippen LogP contribution in [0.2, 0.25) is 0 Å². The number of hydrogen-bond acceptors (Lipinski definition) is 3. The number of amides is 1. The molecule has 0 aromatic carbocycles. The highest BCUT2D eigenvalue weighted by atomic mass is 16.6. The third-order valence-electron chi connectivity index (χ3n) is 2.51. The average Bonchev–Trinajstić information content (AvgIpc) is 2.16. The topological polar surface area (TPSA) is 80.0 Å². The lowest BCUT2D eigenvalue weighted by Crippen LogP contribution is -2.62. The molecule has 0 bridgehead atoms. The third kappa shape index (κ3) is 5.81.